The third-order valence-corrected chi connectivity index (χ3v) is 2.57. The second-order valence-corrected chi connectivity index (χ2v) is 5.59. The maximum absolute atomic E-state index is 8.34. The van der Waals surface area contributed by atoms with Crippen LogP contribution in [0.15, 0.2) is 60.4 Å². The van der Waals surface area contributed by atoms with Gasteiger partial charge in [0.25, 0.3) is 0 Å². The molecule has 2 aromatic carbocycles. The molecule has 23 heavy (non-hydrogen) atoms. The summed E-state index contributed by atoms with van der Waals surface area (Å²) in [5.74, 6) is 0.823. The summed E-state index contributed by atoms with van der Waals surface area (Å²) in [5.41, 5.74) is 0. The number of ether oxygens (including phenoxy) is 1. The van der Waals surface area contributed by atoms with Crippen molar-refractivity contribution in [2.24, 2.45) is 0 Å². The van der Waals surface area contributed by atoms with E-state index in [2.05, 4.69) is 52.2 Å². The van der Waals surface area contributed by atoms with Crippen LogP contribution in [-0.4, -0.2) is 22.0 Å². The van der Waals surface area contributed by atoms with E-state index >= 15 is 0 Å². The summed E-state index contributed by atoms with van der Waals surface area (Å²) in [6, 6.07) is 14.7. The number of allylic oxidation sites excluding steroid dienone is 3. The van der Waals surface area contributed by atoms with Crippen LogP contribution in [0.2, 0.25) is 0 Å². The molecule has 0 heterocycles. The minimum absolute atomic E-state index is 0. The van der Waals surface area contributed by atoms with Gasteiger partial charge in [0.2, 0.25) is 0 Å². The summed E-state index contributed by atoms with van der Waals surface area (Å²) in [6.07, 6.45) is 7.50. The number of benzene rings is 1. The quantitative estimate of drug-likeness (QED) is 0.549. The maximum atomic E-state index is 8.34. The molecule has 0 aromatic heterocycles. The third-order valence-electron chi connectivity index (χ3n) is 2.57. The Bertz CT molecular complexity index is 561. The van der Waals surface area contributed by atoms with E-state index in [1.54, 1.807) is 6.08 Å². The SMILES string of the molecule is C[CH]=[Zr+2].OCCOC1=CC[C-]=C1.[Cl-].[Cl-].c1ccc2[cH-]ccc2c1. The van der Waals surface area contributed by atoms with Gasteiger partial charge < -0.3 is 34.7 Å². The summed E-state index contributed by atoms with van der Waals surface area (Å²) >= 11 is 1.51. The molecule has 1 N–H and O–H groups in total. The Kier molecular flexibility index (Phi) is 17.4. The molecule has 0 bridgehead atoms. The summed E-state index contributed by atoms with van der Waals surface area (Å²) < 4.78 is 7.14. The van der Waals surface area contributed by atoms with E-state index < -0.39 is 0 Å². The number of fused-ring (bicyclic) bond motifs is 1. The van der Waals surface area contributed by atoms with E-state index in [0.29, 0.717) is 6.61 Å². The molecule has 3 rings (SSSR count). The zero-order valence-corrected chi connectivity index (χ0v) is 17.0. The summed E-state index contributed by atoms with van der Waals surface area (Å²) in [7, 11) is 0. The van der Waals surface area contributed by atoms with Gasteiger partial charge in [-0.2, -0.15) is 23.6 Å². The zero-order valence-electron chi connectivity index (χ0n) is 13.0. The van der Waals surface area contributed by atoms with Crippen LogP contribution in [-0.2, 0) is 29.0 Å². The Morgan fingerprint density at radius 2 is 2.00 bits per heavy atom. The molecule has 0 saturated carbocycles. The number of aliphatic hydroxyl groups is 1. The fourth-order valence-corrected chi connectivity index (χ4v) is 1.71. The number of aliphatic hydroxyl groups excluding tert-OH is 1. The van der Waals surface area contributed by atoms with Gasteiger partial charge in [0.05, 0.1) is 13.2 Å². The predicted octanol–water partition coefficient (Wildman–Crippen LogP) is -2.44. The molecule has 0 amide bonds. The van der Waals surface area contributed by atoms with Gasteiger partial charge in [-0.25, -0.2) is 0 Å². The van der Waals surface area contributed by atoms with Crippen molar-refractivity contribution in [2.75, 3.05) is 13.2 Å². The maximum Gasteiger partial charge on any atom is 0.0876 e. The van der Waals surface area contributed by atoms with Gasteiger partial charge >= 0.3 is 34.9 Å². The first-order chi connectivity index (χ1) is 10.3. The molecule has 2 aromatic rings. The van der Waals surface area contributed by atoms with Crippen LogP contribution < -0.4 is 24.8 Å². The van der Waals surface area contributed by atoms with Gasteiger partial charge in [-0.1, -0.05) is 6.07 Å². The third kappa shape index (κ3) is 10.7. The van der Waals surface area contributed by atoms with Crippen molar-refractivity contribution in [1.82, 2.24) is 0 Å². The molecule has 1 aliphatic rings. The molecule has 124 valence electrons. The van der Waals surface area contributed by atoms with Crippen LogP contribution in [0.25, 0.3) is 10.8 Å². The van der Waals surface area contributed by atoms with Gasteiger partial charge in [-0.15, -0.1) is 42.1 Å². The van der Waals surface area contributed by atoms with E-state index in [4.69, 9.17) is 9.84 Å². The fourth-order valence-electron chi connectivity index (χ4n) is 1.71. The Morgan fingerprint density at radius 3 is 2.57 bits per heavy atom. The van der Waals surface area contributed by atoms with Crippen molar-refractivity contribution < 1.29 is 58.9 Å². The average molecular weight is 430 g/mol. The number of rotatable bonds is 3. The fraction of sp³-hybridized carbons (Fsp3) is 0.222. The predicted molar refractivity (Wildman–Crippen MR) is 84.8 cm³/mol. The molecule has 0 unspecified atom stereocenters. The molecule has 2 nitrogen and oxygen atoms in total. The van der Waals surface area contributed by atoms with Gasteiger partial charge in [-0.05, 0) is 5.76 Å². The molecule has 0 atom stereocenters. The molecular formula is C18H20Cl2O2Zr-2. The van der Waals surface area contributed by atoms with Crippen LogP contribution in [0.5, 0.6) is 0 Å². The van der Waals surface area contributed by atoms with E-state index in [1.165, 1.54) is 35.0 Å². The Hall–Kier alpha value is -0.597. The molecule has 5 heteroatoms. The van der Waals surface area contributed by atoms with Gasteiger partial charge in [-0.3, -0.25) is 6.08 Å². The van der Waals surface area contributed by atoms with Crippen molar-refractivity contribution >= 4 is 14.5 Å². The monoisotopic (exact) mass is 428 g/mol. The van der Waals surface area contributed by atoms with E-state index in [-0.39, 0.29) is 31.4 Å². The van der Waals surface area contributed by atoms with Crippen molar-refractivity contribution in [2.45, 2.75) is 13.3 Å². The topological polar surface area (TPSA) is 29.5 Å². The van der Waals surface area contributed by atoms with Crippen molar-refractivity contribution in [3.63, 3.8) is 0 Å². The van der Waals surface area contributed by atoms with E-state index in [9.17, 15) is 0 Å². The van der Waals surface area contributed by atoms with Crippen LogP contribution in [0.4, 0.5) is 0 Å². The Morgan fingerprint density at radius 1 is 1.30 bits per heavy atom. The summed E-state index contributed by atoms with van der Waals surface area (Å²) in [6.45, 7) is 2.49. The zero-order chi connectivity index (χ0) is 15.3. The number of hydrogen-bond acceptors (Lipinski definition) is 2. The van der Waals surface area contributed by atoms with E-state index in [1.807, 2.05) is 13.0 Å². The molecule has 0 saturated heterocycles. The largest absolute Gasteiger partial charge is 1.00 e. The number of hydrogen-bond donors (Lipinski definition) is 1. The second kappa shape index (κ2) is 16.3. The van der Waals surface area contributed by atoms with Gasteiger partial charge in [0.15, 0.2) is 0 Å². The standard InChI is InChI=1S/C9H7.C7H9O2.C2H4.2ClH.Zr/c1-2-5-9-7-3-6-8(9)4-1;8-5-6-9-7-3-1-2-4-7;1-2;;;/h1-7H;3-4,8H,1,5-6H2;1H,2H3;2*1H;/q2*-1;;;;+2/p-2. The Balaban J connectivity index is 0. The van der Waals surface area contributed by atoms with Crippen molar-refractivity contribution in [3.8, 4) is 0 Å². The van der Waals surface area contributed by atoms with Crippen LogP contribution >= 0.6 is 0 Å². The average Bonchev–Trinajstić information content (AvgIpc) is 3.18. The molecule has 0 spiro atoms. The molecular weight excluding hydrogens is 410 g/mol. The minimum atomic E-state index is 0. The summed E-state index contributed by atoms with van der Waals surface area (Å²) in [4.78, 5) is 0. The number of halogens is 2. The summed E-state index contributed by atoms with van der Waals surface area (Å²) in [5, 5.41) is 11.0. The van der Waals surface area contributed by atoms with E-state index in [0.717, 1.165) is 12.2 Å². The Labute approximate surface area is 165 Å². The van der Waals surface area contributed by atoms with Gasteiger partial charge in [0.1, 0.15) is 0 Å². The van der Waals surface area contributed by atoms with Gasteiger partial charge in [0, 0.05) is 0 Å². The second-order valence-electron chi connectivity index (χ2n) is 4.17. The minimum Gasteiger partial charge on any atom is -1.00 e. The van der Waals surface area contributed by atoms with Crippen molar-refractivity contribution in [3.05, 3.63) is 66.5 Å². The van der Waals surface area contributed by atoms with Crippen LogP contribution in [0.3, 0.4) is 0 Å². The molecule has 0 radical (unpaired) electrons. The molecule has 0 aliphatic heterocycles. The van der Waals surface area contributed by atoms with Crippen LogP contribution in [0, 0.1) is 6.08 Å². The molecule has 1 aliphatic carbocycles. The van der Waals surface area contributed by atoms with Crippen molar-refractivity contribution in [1.29, 1.82) is 0 Å². The first kappa shape index (κ1) is 24.7. The first-order valence-corrected chi connectivity index (χ1v) is 8.29. The normalized spacial score (nSPS) is 10.9. The first-order valence-electron chi connectivity index (χ1n) is 6.87. The molecule has 0 fully saturated rings. The van der Waals surface area contributed by atoms with Crippen LogP contribution in [0.1, 0.15) is 13.3 Å². The smallest absolute Gasteiger partial charge is 0.0876 e.